The average Bonchev–Trinajstić information content (AvgIpc) is 3.07. The number of nitrogens with one attached hydrogen (secondary N) is 1. The molecule has 0 bridgehead atoms. The number of nitrogens with zero attached hydrogens (tertiary/aromatic N) is 3. The van der Waals surface area contributed by atoms with Crippen LogP contribution in [0.3, 0.4) is 0 Å². The summed E-state index contributed by atoms with van der Waals surface area (Å²) < 4.78 is 13.9. The molecule has 2 aliphatic rings. The van der Waals surface area contributed by atoms with E-state index in [2.05, 4.69) is 22.2 Å². The molecule has 154 valence electrons. The molecule has 0 saturated carbocycles. The van der Waals surface area contributed by atoms with Crippen molar-refractivity contribution >= 4 is 17.5 Å². The second kappa shape index (κ2) is 8.87. The van der Waals surface area contributed by atoms with Crippen LogP contribution in [0.4, 0.5) is 10.1 Å². The van der Waals surface area contributed by atoms with E-state index in [4.69, 9.17) is 5.73 Å². The maximum absolute atomic E-state index is 13.9. The number of rotatable bonds is 6. The van der Waals surface area contributed by atoms with Crippen molar-refractivity contribution in [3.63, 3.8) is 0 Å². The van der Waals surface area contributed by atoms with E-state index < -0.39 is 12.1 Å². The van der Waals surface area contributed by atoms with Crippen LogP contribution in [0, 0.1) is 5.82 Å². The van der Waals surface area contributed by atoms with Gasteiger partial charge < -0.3 is 25.8 Å². The molecule has 7 nitrogen and oxygen atoms in total. The molecule has 28 heavy (non-hydrogen) atoms. The molecule has 1 aromatic carbocycles. The van der Waals surface area contributed by atoms with Crippen molar-refractivity contribution < 1.29 is 14.0 Å². The highest BCUT2D eigenvalue weighted by Crippen LogP contribution is 2.28. The van der Waals surface area contributed by atoms with Gasteiger partial charge in [0.15, 0.2) is 0 Å². The van der Waals surface area contributed by atoms with Crippen molar-refractivity contribution in [3.05, 3.63) is 29.6 Å². The number of piperazine rings is 1. The van der Waals surface area contributed by atoms with E-state index in [1.54, 1.807) is 11.0 Å². The van der Waals surface area contributed by atoms with Crippen LogP contribution in [0.1, 0.15) is 31.4 Å². The van der Waals surface area contributed by atoms with Gasteiger partial charge in [-0.3, -0.25) is 9.59 Å². The summed E-state index contributed by atoms with van der Waals surface area (Å²) in [5.41, 5.74) is 7.69. The molecule has 1 aromatic rings. The maximum Gasteiger partial charge on any atom is 0.239 e. The summed E-state index contributed by atoms with van der Waals surface area (Å²) >= 11 is 0. The summed E-state index contributed by atoms with van der Waals surface area (Å²) in [5.74, 6) is -0.625. The minimum Gasteiger partial charge on any atom is -0.369 e. The van der Waals surface area contributed by atoms with Gasteiger partial charge in [-0.05, 0) is 38.6 Å². The quantitative estimate of drug-likeness (QED) is 0.746. The molecule has 2 heterocycles. The number of carbonyl (C=O) groups is 2. The molecular weight excluding hydrogens is 361 g/mol. The first-order valence-electron chi connectivity index (χ1n) is 9.92. The minimum absolute atomic E-state index is 0.0405. The Morgan fingerprint density at radius 2 is 1.96 bits per heavy atom. The van der Waals surface area contributed by atoms with Gasteiger partial charge in [0, 0.05) is 56.9 Å². The molecule has 0 aliphatic carbocycles. The van der Waals surface area contributed by atoms with Crippen LogP contribution in [-0.4, -0.2) is 74.0 Å². The minimum atomic E-state index is -0.801. The third-order valence-corrected chi connectivity index (χ3v) is 5.58. The molecule has 2 amide bonds. The number of likely N-dealkylation sites (tertiary alicyclic amines) is 1. The number of hydrogen-bond acceptors (Lipinski definition) is 5. The Balaban J connectivity index is 1.67. The molecule has 8 heteroatoms. The molecule has 0 aromatic heterocycles. The van der Waals surface area contributed by atoms with E-state index in [1.807, 2.05) is 6.92 Å². The fourth-order valence-electron chi connectivity index (χ4n) is 3.82. The third kappa shape index (κ3) is 4.80. The lowest BCUT2D eigenvalue weighted by atomic mass is 10.0. The van der Waals surface area contributed by atoms with Gasteiger partial charge in [-0.15, -0.1) is 0 Å². The van der Waals surface area contributed by atoms with Crippen LogP contribution < -0.4 is 16.0 Å². The molecule has 3 N–H and O–H groups in total. The number of likely N-dealkylation sites (N-methyl/N-ethyl adjacent to an activating group) is 1. The van der Waals surface area contributed by atoms with Gasteiger partial charge in [-0.2, -0.15) is 0 Å². The van der Waals surface area contributed by atoms with Gasteiger partial charge in [-0.25, -0.2) is 4.39 Å². The van der Waals surface area contributed by atoms with Gasteiger partial charge in [0.05, 0.1) is 6.04 Å². The zero-order valence-corrected chi connectivity index (χ0v) is 16.7. The van der Waals surface area contributed by atoms with Crippen molar-refractivity contribution in [3.8, 4) is 0 Å². The number of nitrogens with two attached hydrogens (primary N) is 1. The molecule has 0 radical (unpaired) electrons. The van der Waals surface area contributed by atoms with E-state index in [1.165, 1.54) is 12.1 Å². The lowest BCUT2D eigenvalue weighted by molar-refractivity contribution is -0.129. The Hall–Kier alpha value is -2.19. The number of anilines is 1. The molecule has 2 atom stereocenters. The van der Waals surface area contributed by atoms with Crippen LogP contribution in [0.2, 0.25) is 0 Å². The Morgan fingerprint density at radius 1 is 1.25 bits per heavy atom. The number of carbonyl (C=O) groups excluding carboxylic acids is 2. The topological polar surface area (TPSA) is 81.9 Å². The smallest absolute Gasteiger partial charge is 0.239 e. The highest BCUT2D eigenvalue weighted by Gasteiger charge is 2.27. The van der Waals surface area contributed by atoms with Gasteiger partial charge in [0.1, 0.15) is 11.9 Å². The van der Waals surface area contributed by atoms with Crippen molar-refractivity contribution in [2.45, 2.75) is 31.8 Å². The SMILES string of the molecule is CC(NC(=O)[C@@H](N)CN1CCCC1=O)c1cc(F)ccc1N1CCN(C)CC1. The standard InChI is InChI=1S/C20H30FN5O2/c1-14(23-20(28)17(22)13-26-7-3-4-19(26)27)16-12-15(21)5-6-18(16)25-10-8-24(2)9-11-25/h5-6,12,14,17H,3-4,7-11,13,22H2,1-2H3,(H,23,28)/t14?,17-/m0/s1. The highest BCUT2D eigenvalue weighted by molar-refractivity contribution is 5.84. The average molecular weight is 391 g/mol. The van der Waals surface area contributed by atoms with E-state index in [9.17, 15) is 14.0 Å². The van der Waals surface area contributed by atoms with E-state index in [0.717, 1.165) is 43.9 Å². The van der Waals surface area contributed by atoms with Crippen LogP contribution >= 0.6 is 0 Å². The second-order valence-electron chi connectivity index (χ2n) is 7.77. The zero-order valence-electron chi connectivity index (χ0n) is 16.7. The monoisotopic (exact) mass is 391 g/mol. The summed E-state index contributed by atoms with van der Waals surface area (Å²) in [7, 11) is 2.08. The number of amides is 2. The van der Waals surface area contributed by atoms with Crippen LogP contribution in [0.5, 0.6) is 0 Å². The van der Waals surface area contributed by atoms with Crippen LogP contribution in [-0.2, 0) is 9.59 Å². The van der Waals surface area contributed by atoms with Gasteiger partial charge in [0.25, 0.3) is 0 Å². The van der Waals surface area contributed by atoms with Crippen LogP contribution in [0.15, 0.2) is 18.2 Å². The second-order valence-corrected chi connectivity index (χ2v) is 7.77. The van der Waals surface area contributed by atoms with Crippen molar-refractivity contribution in [2.75, 3.05) is 51.2 Å². The fourth-order valence-corrected chi connectivity index (χ4v) is 3.82. The van der Waals surface area contributed by atoms with Crippen molar-refractivity contribution in [1.82, 2.24) is 15.1 Å². The first-order valence-corrected chi connectivity index (χ1v) is 9.92. The molecule has 2 saturated heterocycles. The molecule has 2 aliphatic heterocycles. The summed E-state index contributed by atoms with van der Waals surface area (Å²) in [6.07, 6.45) is 1.32. The Bertz CT molecular complexity index is 721. The largest absolute Gasteiger partial charge is 0.369 e. The predicted octanol–water partition coefficient (Wildman–Crippen LogP) is 0.704. The lowest BCUT2D eigenvalue weighted by Crippen LogP contribution is -2.49. The molecule has 2 fully saturated rings. The maximum atomic E-state index is 13.9. The summed E-state index contributed by atoms with van der Waals surface area (Å²) in [4.78, 5) is 30.4. The van der Waals surface area contributed by atoms with E-state index in [0.29, 0.717) is 13.0 Å². The van der Waals surface area contributed by atoms with Gasteiger partial charge >= 0.3 is 0 Å². The first kappa shape index (κ1) is 20.5. The molecular formula is C20H30FN5O2. The summed E-state index contributed by atoms with van der Waals surface area (Å²) in [6.45, 7) is 6.27. The lowest BCUT2D eigenvalue weighted by Gasteiger charge is -2.36. The van der Waals surface area contributed by atoms with Crippen molar-refractivity contribution in [2.24, 2.45) is 5.73 Å². The van der Waals surface area contributed by atoms with E-state index in [-0.39, 0.29) is 24.2 Å². The van der Waals surface area contributed by atoms with Crippen LogP contribution in [0.25, 0.3) is 0 Å². The number of benzene rings is 1. The predicted molar refractivity (Wildman–Crippen MR) is 106 cm³/mol. The van der Waals surface area contributed by atoms with Gasteiger partial charge in [-0.1, -0.05) is 0 Å². The molecule has 3 rings (SSSR count). The Morgan fingerprint density at radius 3 is 2.61 bits per heavy atom. The normalized spacial score (nSPS) is 20.4. The Kier molecular flexibility index (Phi) is 6.51. The molecule has 0 spiro atoms. The molecule has 1 unspecified atom stereocenters. The highest BCUT2D eigenvalue weighted by atomic mass is 19.1. The number of hydrogen-bond donors (Lipinski definition) is 2. The first-order chi connectivity index (χ1) is 13.3. The summed E-state index contributed by atoms with van der Waals surface area (Å²) in [6, 6.07) is 3.52. The number of halogens is 1. The van der Waals surface area contributed by atoms with E-state index >= 15 is 0 Å². The fraction of sp³-hybridized carbons (Fsp3) is 0.600. The Labute approximate surface area is 165 Å². The van der Waals surface area contributed by atoms with Crippen molar-refractivity contribution in [1.29, 1.82) is 0 Å². The zero-order chi connectivity index (χ0) is 20.3. The summed E-state index contributed by atoms with van der Waals surface area (Å²) in [5, 5.41) is 2.89. The third-order valence-electron chi connectivity index (χ3n) is 5.58. The van der Waals surface area contributed by atoms with Gasteiger partial charge in [0.2, 0.25) is 11.8 Å².